The molecule has 1 aliphatic carbocycles. The summed E-state index contributed by atoms with van der Waals surface area (Å²) in [6.45, 7) is 7.08. The number of benzene rings is 1. The fourth-order valence-corrected chi connectivity index (χ4v) is 2.58. The molecule has 2 rings (SSSR count). The average molecular weight is 264 g/mol. The predicted molar refractivity (Wildman–Crippen MR) is 75.7 cm³/mol. The molecule has 0 aromatic heterocycles. The third-order valence-electron chi connectivity index (χ3n) is 3.72. The molecular weight excluding hydrogens is 240 g/mol. The van der Waals surface area contributed by atoms with Crippen molar-refractivity contribution in [1.29, 1.82) is 0 Å². The molecule has 0 saturated heterocycles. The third-order valence-corrected chi connectivity index (χ3v) is 3.72. The van der Waals surface area contributed by atoms with Gasteiger partial charge in [-0.3, -0.25) is 0 Å². The summed E-state index contributed by atoms with van der Waals surface area (Å²) in [5.74, 6) is 1.64. The first-order valence-corrected chi connectivity index (χ1v) is 7.08. The molecular formula is C16H24O3. The Morgan fingerprint density at radius 3 is 2.47 bits per heavy atom. The summed E-state index contributed by atoms with van der Waals surface area (Å²) in [6, 6.07) is 7.61. The van der Waals surface area contributed by atoms with Gasteiger partial charge in [0.25, 0.3) is 0 Å². The molecule has 0 bridgehead atoms. The van der Waals surface area contributed by atoms with E-state index in [0.717, 1.165) is 30.8 Å². The smallest absolute Gasteiger partial charge is 0.125 e. The minimum atomic E-state index is -0.361. The van der Waals surface area contributed by atoms with Crippen molar-refractivity contribution in [3.63, 3.8) is 0 Å². The first kappa shape index (κ1) is 14.2. The molecule has 0 aliphatic heterocycles. The SMILES string of the molecule is CCOc1ccc(OC2CC(C)(C)CCC2O)cc1. The molecule has 1 N–H and O–H groups in total. The van der Waals surface area contributed by atoms with Gasteiger partial charge in [-0.05, 0) is 55.9 Å². The molecule has 0 spiro atoms. The van der Waals surface area contributed by atoms with Crippen molar-refractivity contribution in [2.75, 3.05) is 6.61 Å². The van der Waals surface area contributed by atoms with Gasteiger partial charge in [0.1, 0.15) is 17.6 Å². The van der Waals surface area contributed by atoms with E-state index in [9.17, 15) is 5.11 Å². The van der Waals surface area contributed by atoms with E-state index in [-0.39, 0.29) is 17.6 Å². The summed E-state index contributed by atoms with van der Waals surface area (Å²) in [4.78, 5) is 0. The average Bonchev–Trinajstić information content (AvgIpc) is 2.36. The van der Waals surface area contributed by atoms with Crippen molar-refractivity contribution in [3.8, 4) is 11.5 Å². The van der Waals surface area contributed by atoms with Crippen LogP contribution in [0.25, 0.3) is 0 Å². The molecule has 2 unspecified atom stereocenters. The van der Waals surface area contributed by atoms with Crippen molar-refractivity contribution >= 4 is 0 Å². The summed E-state index contributed by atoms with van der Waals surface area (Å²) in [6.07, 6.45) is 2.29. The molecule has 1 saturated carbocycles. The maximum Gasteiger partial charge on any atom is 0.125 e. The molecule has 19 heavy (non-hydrogen) atoms. The zero-order valence-electron chi connectivity index (χ0n) is 12.1. The zero-order valence-corrected chi connectivity index (χ0v) is 12.1. The number of hydrogen-bond acceptors (Lipinski definition) is 3. The standard InChI is InChI=1S/C16H24O3/c1-4-18-12-5-7-13(8-6-12)19-15-11-16(2,3)10-9-14(15)17/h5-8,14-15,17H,4,9-11H2,1-3H3. The van der Waals surface area contributed by atoms with Gasteiger partial charge in [-0.25, -0.2) is 0 Å². The second-order valence-electron chi connectivity index (χ2n) is 6.04. The van der Waals surface area contributed by atoms with Gasteiger partial charge in [-0.2, -0.15) is 0 Å². The quantitative estimate of drug-likeness (QED) is 0.905. The molecule has 2 atom stereocenters. The highest BCUT2D eigenvalue weighted by molar-refractivity contribution is 5.31. The number of aliphatic hydroxyl groups excluding tert-OH is 1. The Kier molecular flexibility index (Phi) is 4.35. The monoisotopic (exact) mass is 264 g/mol. The first-order chi connectivity index (χ1) is 9.00. The first-order valence-electron chi connectivity index (χ1n) is 7.08. The maximum atomic E-state index is 10.1. The predicted octanol–water partition coefficient (Wildman–Crippen LogP) is 3.40. The van der Waals surface area contributed by atoms with E-state index < -0.39 is 0 Å². The maximum absolute atomic E-state index is 10.1. The van der Waals surface area contributed by atoms with Crippen LogP contribution >= 0.6 is 0 Å². The van der Waals surface area contributed by atoms with Crippen LogP contribution in [-0.2, 0) is 0 Å². The van der Waals surface area contributed by atoms with Crippen LogP contribution in [0, 0.1) is 5.41 Å². The van der Waals surface area contributed by atoms with Crippen LogP contribution in [0.5, 0.6) is 11.5 Å². The molecule has 1 aromatic carbocycles. The van der Waals surface area contributed by atoms with E-state index in [1.165, 1.54) is 0 Å². The molecule has 1 aromatic rings. The van der Waals surface area contributed by atoms with Gasteiger partial charge in [0, 0.05) is 0 Å². The number of hydrogen-bond donors (Lipinski definition) is 1. The molecule has 3 nitrogen and oxygen atoms in total. The van der Waals surface area contributed by atoms with E-state index in [0.29, 0.717) is 6.61 Å². The molecule has 0 amide bonds. The van der Waals surface area contributed by atoms with Gasteiger partial charge < -0.3 is 14.6 Å². The Labute approximate surface area is 115 Å². The van der Waals surface area contributed by atoms with Gasteiger partial charge in [0.15, 0.2) is 0 Å². The fourth-order valence-electron chi connectivity index (χ4n) is 2.58. The van der Waals surface area contributed by atoms with E-state index in [4.69, 9.17) is 9.47 Å². The molecule has 3 heteroatoms. The summed E-state index contributed by atoms with van der Waals surface area (Å²) in [5, 5.41) is 10.1. The summed E-state index contributed by atoms with van der Waals surface area (Å²) in [7, 11) is 0. The van der Waals surface area contributed by atoms with E-state index in [1.807, 2.05) is 31.2 Å². The van der Waals surface area contributed by atoms with Crippen LogP contribution in [0.1, 0.15) is 40.0 Å². The molecule has 1 fully saturated rings. The largest absolute Gasteiger partial charge is 0.494 e. The lowest BCUT2D eigenvalue weighted by molar-refractivity contribution is -0.0304. The van der Waals surface area contributed by atoms with Crippen molar-refractivity contribution in [2.45, 2.75) is 52.2 Å². The third kappa shape index (κ3) is 3.87. The molecule has 106 valence electrons. The second-order valence-corrected chi connectivity index (χ2v) is 6.04. The molecule has 0 radical (unpaired) electrons. The summed E-state index contributed by atoms with van der Waals surface area (Å²) in [5.41, 5.74) is 0.245. The lowest BCUT2D eigenvalue weighted by Crippen LogP contribution is -2.41. The zero-order chi connectivity index (χ0) is 13.9. The highest BCUT2D eigenvalue weighted by Gasteiger charge is 2.35. The van der Waals surface area contributed by atoms with E-state index in [1.54, 1.807) is 0 Å². The van der Waals surface area contributed by atoms with Crippen molar-refractivity contribution in [2.24, 2.45) is 5.41 Å². The normalized spacial score (nSPS) is 25.9. The van der Waals surface area contributed by atoms with Crippen LogP contribution in [0.3, 0.4) is 0 Å². The number of rotatable bonds is 4. The highest BCUT2D eigenvalue weighted by atomic mass is 16.5. The van der Waals surface area contributed by atoms with Crippen LogP contribution in [0.15, 0.2) is 24.3 Å². The Hall–Kier alpha value is -1.22. The topological polar surface area (TPSA) is 38.7 Å². The molecule has 1 aliphatic rings. The Morgan fingerprint density at radius 1 is 1.21 bits per heavy atom. The highest BCUT2D eigenvalue weighted by Crippen LogP contribution is 2.37. The minimum absolute atomic E-state index is 0.110. The van der Waals surface area contributed by atoms with Crippen molar-refractivity contribution in [1.82, 2.24) is 0 Å². The van der Waals surface area contributed by atoms with Crippen LogP contribution in [0.2, 0.25) is 0 Å². The number of aliphatic hydroxyl groups is 1. The number of ether oxygens (including phenoxy) is 2. The van der Waals surface area contributed by atoms with Crippen LogP contribution < -0.4 is 9.47 Å². The van der Waals surface area contributed by atoms with Gasteiger partial charge in [-0.1, -0.05) is 13.8 Å². The Morgan fingerprint density at radius 2 is 1.84 bits per heavy atom. The lowest BCUT2D eigenvalue weighted by atomic mass is 9.75. The van der Waals surface area contributed by atoms with Gasteiger partial charge in [-0.15, -0.1) is 0 Å². The van der Waals surface area contributed by atoms with Crippen LogP contribution in [0.4, 0.5) is 0 Å². The Balaban J connectivity index is 1.99. The Bertz CT molecular complexity index is 397. The summed E-state index contributed by atoms with van der Waals surface area (Å²) >= 11 is 0. The molecule has 0 heterocycles. The minimum Gasteiger partial charge on any atom is -0.494 e. The van der Waals surface area contributed by atoms with Gasteiger partial charge in [0.05, 0.1) is 12.7 Å². The van der Waals surface area contributed by atoms with Crippen molar-refractivity contribution in [3.05, 3.63) is 24.3 Å². The fraction of sp³-hybridized carbons (Fsp3) is 0.625. The second kappa shape index (κ2) is 5.83. The summed E-state index contributed by atoms with van der Waals surface area (Å²) < 4.78 is 11.3. The van der Waals surface area contributed by atoms with Gasteiger partial charge in [0.2, 0.25) is 0 Å². The lowest BCUT2D eigenvalue weighted by Gasteiger charge is -2.38. The van der Waals surface area contributed by atoms with Gasteiger partial charge >= 0.3 is 0 Å². The van der Waals surface area contributed by atoms with Crippen molar-refractivity contribution < 1.29 is 14.6 Å². The van der Waals surface area contributed by atoms with E-state index in [2.05, 4.69) is 13.8 Å². The van der Waals surface area contributed by atoms with E-state index >= 15 is 0 Å². The van der Waals surface area contributed by atoms with Crippen LogP contribution in [-0.4, -0.2) is 23.9 Å².